The molecule has 87 valence electrons. The van der Waals surface area contributed by atoms with Gasteiger partial charge < -0.3 is 0 Å². The summed E-state index contributed by atoms with van der Waals surface area (Å²) in [6.07, 6.45) is 16.3. The van der Waals surface area contributed by atoms with Gasteiger partial charge in [-0.15, -0.1) is 0 Å². The smallest absolute Gasteiger partial charge is 0.0109 e. The first-order valence-corrected chi connectivity index (χ1v) is 7.98. The van der Waals surface area contributed by atoms with E-state index >= 15 is 0 Å². The summed E-state index contributed by atoms with van der Waals surface area (Å²) in [5.74, 6) is 3.35. The lowest BCUT2D eigenvalue weighted by atomic mass is 9.88. The Labute approximate surface area is 99.6 Å². The predicted molar refractivity (Wildman–Crippen MR) is 70.3 cm³/mol. The molecular weight excluding hydrogens is 200 g/mol. The topological polar surface area (TPSA) is 0 Å². The fourth-order valence-electron chi connectivity index (χ4n) is 2.93. The molecule has 2 fully saturated rings. The van der Waals surface area contributed by atoms with Crippen LogP contribution in [0, 0.1) is 5.92 Å². The lowest BCUT2D eigenvalue weighted by Crippen LogP contribution is -2.13. The van der Waals surface area contributed by atoms with Crippen molar-refractivity contribution in [2.24, 2.45) is 0 Å². The fourth-order valence-corrected chi connectivity index (χ4v) is 4.36. The van der Waals surface area contributed by atoms with Gasteiger partial charge >= 0.3 is 0 Å². The summed E-state index contributed by atoms with van der Waals surface area (Å²) in [6, 6.07) is 0. The van der Waals surface area contributed by atoms with Crippen LogP contribution in [0.15, 0.2) is 0 Å². The molecule has 0 aromatic heterocycles. The molecule has 0 aromatic rings. The molecule has 0 amide bonds. The van der Waals surface area contributed by atoms with Gasteiger partial charge in [0.05, 0.1) is 0 Å². The third-order valence-electron chi connectivity index (χ3n) is 3.88. The molecule has 1 saturated carbocycles. The Kier molecular flexibility index (Phi) is 5.38. The molecule has 2 aliphatic rings. The van der Waals surface area contributed by atoms with Crippen LogP contribution in [0.4, 0.5) is 0 Å². The van der Waals surface area contributed by atoms with Crippen molar-refractivity contribution in [2.75, 3.05) is 5.75 Å². The quantitative estimate of drug-likeness (QED) is 0.606. The Bertz CT molecular complexity index is 151. The fraction of sp³-hybridized carbons (Fsp3) is 0.929. The third kappa shape index (κ3) is 4.01. The summed E-state index contributed by atoms with van der Waals surface area (Å²) in [5.41, 5.74) is 0. The Hall–Kier alpha value is 0.350. The molecule has 1 heterocycles. The van der Waals surface area contributed by atoms with E-state index in [4.69, 9.17) is 0 Å². The monoisotopic (exact) mass is 225 g/mol. The van der Waals surface area contributed by atoms with Gasteiger partial charge in [-0.2, -0.15) is 11.8 Å². The van der Waals surface area contributed by atoms with E-state index in [-0.39, 0.29) is 0 Å². The van der Waals surface area contributed by atoms with E-state index in [1.54, 1.807) is 0 Å². The van der Waals surface area contributed by atoms with Gasteiger partial charge in [-0.05, 0) is 37.4 Å². The van der Waals surface area contributed by atoms with Crippen LogP contribution in [0.25, 0.3) is 0 Å². The van der Waals surface area contributed by atoms with Crippen LogP contribution in [0.2, 0.25) is 0 Å². The lowest BCUT2D eigenvalue weighted by molar-refractivity contribution is 0.506. The van der Waals surface area contributed by atoms with E-state index in [0.717, 1.165) is 5.25 Å². The molecule has 1 aliphatic heterocycles. The molecule has 1 aliphatic carbocycles. The van der Waals surface area contributed by atoms with Crippen LogP contribution in [-0.2, 0) is 0 Å². The standard InChI is InChI=1S/C14H25S/c1-2-4-6-9-13(10-7-5-3-1)14-11-8-12-15-14/h14H,1-12H2. The first-order valence-electron chi connectivity index (χ1n) is 6.93. The van der Waals surface area contributed by atoms with Gasteiger partial charge in [0.2, 0.25) is 0 Å². The van der Waals surface area contributed by atoms with Crippen LogP contribution < -0.4 is 0 Å². The molecule has 1 atom stereocenters. The second-order valence-electron chi connectivity index (χ2n) is 5.13. The minimum atomic E-state index is 0.962. The lowest BCUT2D eigenvalue weighted by Gasteiger charge is -2.23. The van der Waals surface area contributed by atoms with Crippen LogP contribution in [-0.4, -0.2) is 11.0 Å². The molecule has 15 heavy (non-hydrogen) atoms. The molecule has 1 heteroatoms. The second-order valence-corrected chi connectivity index (χ2v) is 6.45. The molecule has 0 N–H and O–H groups in total. The van der Waals surface area contributed by atoms with E-state index in [1.807, 2.05) is 5.92 Å². The Morgan fingerprint density at radius 3 is 1.87 bits per heavy atom. The van der Waals surface area contributed by atoms with Gasteiger partial charge in [-0.1, -0.05) is 44.9 Å². The zero-order valence-corrected chi connectivity index (χ0v) is 10.8. The summed E-state index contributed by atoms with van der Waals surface area (Å²) >= 11 is 2.24. The largest absolute Gasteiger partial charge is 0.158 e. The molecule has 0 aromatic carbocycles. The molecule has 1 saturated heterocycles. The van der Waals surface area contributed by atoms with Crippen molar-refractivity contribution in [3.63, 3.8) is 0 Å². The zero-order valence-electron chi connectivity index (χ0n) is 9.97. The number of thioether (sulfide) groups is 1. The van der Waals surface area contributed by atoms with E-state index in [9.17, 15) is 0 Å². The van der Waals surface area contributed by atoms with Crippen molar-refractivity contribution in [3.8, 4) is 0 Å². The number of hydrogen-bond acceptors (Lipinski definition) is 1. The summed E-state index contributed by atoms with van der Waals surface area (Å²) in [6.45, 7) is 0. The van der Waals surface area contributed by atoms with Crippen LogP contribution >= 0.6 is 11.8 Å². The molecule has 2 rings (SSSR count). The van der Waals surface area contributed by atoms with Gasteiger partial charge in [0.15, 0.2) is 0 Å². The van der Waals surface area contributed by atoms with E-state index in [0.29, 0.717) is 0 Å². The van der Waals surface area contributed by atoms with Gasteiger partial charge in [0.1, 0.15) is 0 Å². The van der Waals surface area contributed by atoms with Crippen LogP contribution in [0.5, 0.6) is 0 Å². The first kappa shape index (κ1) is 11.8. The second kappa shape index (κ2) is 6.83. The molecule has 1 unspecified atom stereocenters. The van der Waals surface area contributed by atoms with Crippen molar-refractivity contribution >= 4 is 11.8 Å². The highest BCUT2D eigenvalue weighted by atomic mass is 32.2. The minimum Gasteiger partial charge on any atom is -0.158 e. The summed E-state index contributed by atoms with van der Waals surface area (Å²) in [5, 5.41) is 0.962. The highest BCUT2D eigenvalue weighted by molar-refractivity contribution is 8.00. The third-order valence-corrected chi connectivity index (χ3v) is 5.38. The molecule has 1 radical (unpaired) electrons. The summed E-state index contributed by atoms with van der Waals surface area (Å²) in [7, 11) is 0. The average Bonchev–Trinajstić information content (AvgIpc) is 2.79. The Balaban J connectivity index is 1.78. The van der Waals surface area contributed by atoms with Crippen LogP contribution in [0.1, 0.15) is 70.6 Å². The maximum Gasteiger partial charge on any atom is 0.0109 e. The maximum atomic E-state index is 2.24. The zero-order chi connectivity index (χ0) is 10.3. The number of rotatable bonds is 1. The van der Waals surface area contributed by atoms with Crippen molar-refractivity contribution in [1.82, 2.24) is 0 Å². The Morgan fingerprint density at radius 2 is 1.33 bits per heavy atom. The van der Waals surface area contributed by atoms with Crippen molar-refractivity contribution in [3.05, 3.63) is 5.92 Å². The average molecular weight is 225 g/mol. The van der Waals surface area contributed by atoms with Gasteiger partial charge in [0.25, 0.3) is 0 Å². The molecule has 0 nitrogen and oxygen atoms in total. The first-order chi connectivity index (χ1) is 7.47. The van der Waals surface area contributed by atoms with E-state index < -0.39 is 0 Å². The normalized spacial score (nSPS) is 31.6. The van der Waals surface area contributed by atoms with Gasteiger partial charge in [-0.3, -0.25) is 0 Å². The predicted octanol–water partition coefficient (Wildman–Crippen LogP) is 4.98. The molecular formula is C14H25S. The van der Waals surface area contributed by atoms with Crippen molar-refractivity contribution in [2.45, 2.75) is 75.9 Å². The van der Waals surface area contributed by atoms with Crippen LogP contribution in [0.3, 0.4) is 0 Å². The maximum absolute atomic E-state index is 2.24. The molecule has 0 spiro atoms. The van der Waals surface area contributed by atoms with Gasteiger partial charge in [-0.25, -0.2) is 0 Å². The highest BCUT2D eigenvalue weighted by Gasteiger charge is 2.25. The summed E-state index contributed by atoms with van der Waals surface area (Å²) < 4.78 is 0. The van der Waals surface area contributed by atoms with Crippen molar-refractivity contribution in [1.29, 1.82) is 0 Å². The SMILES string of the molecule is C1CCCC[C](C2CCCS2)CCCC1. The van der Waals surface area contributed by atoms with Gasteiger partial charge in [0, 0.05) is 5.25 Å². The summed E-state index contributed by atoms with van der Waals surface area (Å²) in [4.78, 5) is 0. The van der Waals surface area contributed by atoms with E-state index in [2.05, 4.69) is 11.8 Å². The van der Waals surface area contributed by atoms with E-state index in [1.165, 1.54) is 76.4 Å². The molecule has 0 bridgehead atoms. The minimum absolute atomic E-state index is 0.962. The number of hydrogen-bond donors (Lipinski definition) is 0. The van der Waals surface area contributed by atoms with Crippen molar-refractivity contribution < 1.29 is 0 Å². The highest BCUT2D eigenvalue weighted by Crippen LogP contribution is 2.38. The Morgan fingerprint density at radius 1 is 0.733 bits per heavy atom.